The number of ether oxygens (including phenoxy) is 1. The number of rotatable bonds is 7. The highest BCUT2D eigenvalue weighted by molar-refractivity contribution is 7.89. The molecule has 0 aromatic heterocycles. The molecule has 1 heterocycles. The summed E-state index contributed by atoms with van der Waals surface area (Å²) in [5.41, 5.74) is 4.34. The molecule has 1 amide bonds. The zero-order valence-corrected chi connectivity index (χ0v) is 18.5. The van der Waals surface area contributed by atoms with Gasteiger partial charge < -0.3 is 15.0 Å². The van der Waals surface area contributed by atoms with Crippen LogP contribution in [-0.4, -0.2) is 47.2 Å². The number of morpholine rings is 1. The van der Waals surface area contributed by atoms with Crippen LogP contribution in [0.4, 0.5) is 11.4 Å². The second-order valence-corrected chi connectivity index (χ2v) is 9.30. The summed E-state index contributed by atoms with van der Waals surface area (Å²) in [4.78, 5) is 14.8. The van der Waals surface area contributed by atoms with Crippen LogP contribution in [0, 0.1) is 20.8 Å². The van der Waals surface area contributed by atoms with E-state index in [0.29, 0.717) is 5.56 Å². The van der Waals surface area contributed by atoms with E-state index in [1.165, 1.54) is 0 Å². The first-order chi connectivity index (χ1) is 14.3. The molecule has 3 rings (SSSR count). The Bertz CT molecular complexity index is 1020. The van der Waals surface area contributed by atoms with Crippen molar-refractivity contribution < 1.29 is 17.9 Å². The van der Waals surface area contributed by atoms with Crippen molar-refractivity contribution in [2.75, 3.05) is 43.1 Å². The number of amides is 1. The van der Waals surface area contributed by atoms with Crippen LogP contribution in [0.15, 0.2) is 41.3 Å². The standard InChI is InChI=1S/C22H29N3O4S/c1-16-4-5-17(2)21(14-16)30(27,28)23-9-8-22(26)24-20-7-6-19(15-18(20)3)25-10-12-29-13-11-25/h4-7,14-15,23H,8-13H2,1-3H3,(H,24,26). The summed E-state index contributed by atoms with van der Waals surface area (Å²) in [6, 6.07) is 11.2. The van der Waals surface area contributed by atoms with E-state index in [2.05, 4.69) is 14.9 Å². The molecular weight excluding hydrogens is 402 g/mol. The average molecular weight is 432 g/mol. The zero-order chi connectivity index (χ0) is 21.7. The van der Waals surface area contributed by atoms with Crippen molar-refractivity contribution in [2.24, 2.45) is 0 Å². The number of carbonyl (C=O) groups is 1. The number of carbonyl (C=O) groups excluding carboxylic acids is 1. The van der Waals surface area contributed by atoms with Gasteiger partial charge in [0.15, 0.2) is 0 Å². The molecule has 1 saturated heterocycles. The second-order valence-electron chi connectivity index (χ2n) is 7.56. The third kappa shape index (κ3) is 5.59. The fourth-order valence-corrected chi connectivity index (χ4v) is 4.75. The first-order valence-corrected chi connectivity index (χ1v) is 11.5. The number of hydrogen-bond donors (Lipinski definition) is 2. The van der Waals surface area contributed by atoms with Gasteiger partial charge in [0, 0.05) is 37.4 Å². The van der Waals surface area contributed by atoms with Gasteiger partial charge in [0.2, 0.25) is 15.9 Å². The third-order valence-corrected chi connectivity index (χ3v) is 6.74. The quantitative estimate of drug-likeness (QED) is 0.704. The summed E-state index contributed by atoms with van der Waals surface area (Å²) >= 11 is 0. The Morgan fingerprint density at radius 1 is 1.03 bits per heavy atom. The Morgan fingerprint density at radius 2 is 1.77 bits per heavy atom. The van der Waals surface area contributed by atoms with Crippen LogP contribution in [0.25, 0.3) is 0 Å². The van der Waals surface area contributed by atoms with Gasteiger partial charge in [0.25, 0.3) is 0 Å². The lowest BCUT2D eigenvalue weighted by Gasteiger charge is -2.29. The van der Waals surface area contributed by atoms with Gasteiger partial charge in [0.05, 0.1) is 18.1 Å². The van der Waals surface area contributed by atoms with Crippen molar-refractivity contribution in [3.8, 4) is 0 Å². The van der Waals surface area contributed by atoms with E-state index in [0.717, 1.165) is 48.8 Å². The molecule has 2 aromatic carbocycles. The molecule has 1 aliphatic rings. The van der Waals surface area contributed by atoms with E-state index in [9.17, 15) is 13.2 Å². The topological polar surface area (TPSA) is 87.7 Å². The second kappa shape index (κ2) is 9.59. The SMILES string of the molecule is Cc1ccc(C)c(S(=O)(=O)NCCC(=O)Nc2ccc(N3CCOCC3)cc2C)c1. The summed E-state index contributed by atoms with van der Waals surface area (Å²) in [6.07, 6.45) is 0.0503. The van der Waals surface area contributed by atoms with Crippen molar-refractivity contribution in [3.05, 3.63) is 53.1 Å². The Kier molecular flexibility index (Phi) is 7.12. The van der Waals surface area contributed by atoms with Gasteiger partial charge in [-0.25, -0.2) is 13.1 Å². The van der Waals surface area contributed by atoms with Crippen LogP contribution in [0.2, 0.25) is 0 Å². The molecule has 0 radical (unpaired) electrons. The number of benzene rings is 2. The summed E-state index contributed by atoms with van der Waals surface area (Å²) < 4.78 is 33.0. The fourth-order valence-electron chi connectivity index (χ4n) is 3.39. The molecule has 30 heavy (non-hydrogen) atoms. The van der Waals surface area contributed by atoms with Crippen molar-refractivity contribution in [2.45, 2.75) is 32.1 Å². The van der Waals surface area contributed by atoms with E-state index in [4.69, 9.17) is 4.74 Å². The van der Waals surface area contributed by atoms with E-state index in [1.54, 1.807) is 19.1 Å². The molecule has 0 spiro atoms. The predicted molar refractivity (Wildman–Crippen MR) is 119 cm³/mol. The third-order valence-electron chi connectivity index (χ3n) is 5.14. The Morgan fingerprint density at radius 3 is 2.47 bits per heavy atom. The monoisotopic (exact) mass is 431 g/mol. The molecule has 2 aromatic rings. The normalized spacial score (nSPS) is 14.6. The molecule has 2 N–H and O–H groups in total. The lowest BCUT2D eigenvalue weighted by atomic mass is 10.1. The van der Waals surface area contributed by atoms with Crippen molar-refractivity contribution in [1.82, 2.24) is 4.72 Å². The molecule has 0 bridgehead atoms. The first kappa shape index (κ1) is 22.3. The van der Waals surface area contributed by atoms with Gasteiger partial charge in [-0.3, -0.25) is 4.79 Å². The molecule has 8 heteroatoms. The largest absolute Gasteiger partial charge is 0.378 e. The van der Waals surface area contributed by atoms with Crippen LogP contribution < -0.4 is 14.9 Å². The maximum absolute atomic E-state index is 12.5. The molecule has 0 saturated carbocycles. The smallest absolute Gasteiger partial charge is 0.240 e. The van der Waals surface area contributed by atoms with Gasteiger partial charge in [-0.1, -0.05) is 12.1 Å². The Labute approximate surface area is 178 Å². The molecule has 0 atom stereocenters. The minimum absolute atomic E-state index is 0.0342. The number of nitrogens with zero attached hydrogens (tertiary/aromatic N) is 1. The molecule has 1 aliphatic heterocycles. The van der Waals surface area contributed by atoms with Crippen molar-refractivity contribution >= 4 is 27.3 Å². The highest BCUT2D eigenvalue weighted by Gasteiger charge is 2.17. The van der Waals surface area contributed by atoms with Crippen LogP contribution in [0.3, 0.4) is 0 Å². The van der Waals surface area contributed by atoms with E-state index < -0.39 is 10.0 Å². The average Bonchev–Trinajstić information content (AvgIpc) is 2.71. The maximum atomic E-state index is 12.5. The number of anilines is 2. The lowest BCUT2D eigenvalue weighted by molar-refractivity contribution is -0.116. The highest BCUT2D eigenvalue weighted by Crippen LogP contribution is 2.23. The molecule has 7 nitrogen and oxygen atoms in total. The Balaban J connectivity index is 1.55. The molecule has 0 unspecified atom stereocenters. The van der Waals surface area contributed by atoms with Gasteiger partial charge in [-0.2, -0.15) is 0 Å². The van der Waals surface area contributed by atoms with Gasteiger partial charge in [-0.15, -0.1) is 0 Å². The number of hydrogen-bond acceptors (Lipinski definition) is 5. The summed E-state index contributed by atoms with van der Waals surface area (Å²) in [5.74, 6) is -0.235. The van der Waals surface area contributed by atoms with E-state index in [-0.39, 0.29) is 23.8 Å². The summed E-state index contributed by atoms with van der Waals surface area (Å²) in [5, 5.41) is 2.87. The first-order valence-electron chi connectivity index (χ1n) is 10.1. The predicted octanol–water partition coefficient (Wildman–Crippen LogP) is 2.76. The number of nitrogens with one attached hydrogen (secondary N) is 2. The summed E-state index contributed by atoms with van der Waals surface area (Å²) in [7, 11) is -3.65. The van der Waals surface area contributed by atoms with Gasteiger partial charge in [-0.05, 0) is 61.7 Å². The molecule has 0 aliphatic carbocycles. The number of sulfonamides is 1. The zero-order valence-electron chi connectivity index (χ0n) is 17.7. The minimum Gasteiger partial charge on any atom is -0.378 e. The molecule has 162 valence electrons. The molecule has 1 fully saturated rings. The van der Waals surface area contributed by atoms with Gasteiger partial charge in [0.1, 0.15) is 0 Å². The minimum atomic E-state index is -3.65. The van der Waals surface area contributed by atoms with Crippen LogP contribution >= 0.6 is 0 Å². The van der Waals surface area contributed by atoms with Gasteiger partial charge >= 0.3 is 0 Å². The maximum Gasteiger partial charge on any atom is 0.240 e. The van der Waals surface area contributed by atoms with Crippen molar-refractivity contribution in [3.63, 3.8) is 0 Å². The van der Waals surface area contributed by atoms with E-state index in [1.807, 2.05) is 38.1 Å². The Hall–Kier alpha value is -2.42. The van der Waals surface area contributed by atoms with E-state index >= 15 is 0 Å². The van der Waals surface area contributed by atoms with Crippen LogP contribution in [-0.2, 0) is 19.6 Å². The summed E-state index contributed by atoms with van der Waals surface area (Å²) in [6.45, 7) is 8.72. The van der Waals surface area contributed by atoms with Crippen LogP contribution in [0.5, 0.6) is 0 Å². The fraction of sp³-hybridized carbons (Fsp3) is 0.409. The van der Waals surface area contributed by atoms with Crippen molar-refractivity contribution in [1.29, 1.82) is 0 Å². The molecular formula is C22H29N3O4S. The highest BCUT2D eigenvalue weighted by atomic mass is 32.2. The van der Waals surface area contributed by atoms with Crippen LogP contribution in [0.1, 0.15) is 23.1 Å². The lowest BCUT2D eigenvalue weighted by Crippen LogP contribution is -2.36. The number of aryl methyl sites for hydroxylation is 3.